The first kappa shape index (κ1) is 18.4. The number of aromatic nitrogens is 1. The molecule has 1 aromatic heterocycles. The molecular weight excluding hydrogens is 318 g/mol. The lowest BCUT2D eigenvalue weighted by atomic mass is 10.1. The third-order valence-electron chi connectivity index (χ3n) is 3.96. The van der Waals surface area contributed by atoms with Crippen molar-refractivity contribution in [3.8, 4) is 0 Å². The van der Waals surface area contributed by atoms with Gasteiger partial charge in [0, 0.05) is 17.7 Å². The number of hydrogen-bond donors (Lipinski definition) is 2. The van der Waals surface area contributed by atoms with E-state index in [1.54, 1.807) is 13.8 Å². The summed E-state index contributed by atoms with van der Waals surface area (Å²) in [5, 5.41) is 3.79. The topological polar surface area (TPSA) is 97.5 Å². The molecule has 1 heterocycles. The Kier molecular flexibility index (Phi) is 6.11. The van der Waals surface area contributed by atoms with Gasteiger partial charge in [0.2, 0.25) is 5.78 Å². The fourth-order valence-corrected chi connectivity index (χ4v) is 2.77. The Labute approximate surface area is 147 Å². The number of benzene rings is 1. The highest BCUT2D eigenvalue weighted by Gasteiger charge is 2.20. The van der Waals surface area contributed by atoms with Crippen LogP contribution in [0.25, 0.3) is 0 Å². The number of ketones is 2. The summed E-state index contributed by atoms with van der Waals surface area (Å²) < 4.78 is 0. The van der Waals surface area contributed by atoms with Gasteiger partial charge < -0.3 is 15.6 Å². The van der Waals surface area contributed by atoms with Crippen LogP contribution >= 0.6 is 0 Å². The Hall–Kier alpha value is -2.89. The van der Waals surface area contributed by atoms with E-state index in [1.807, 2.05) is 30.3 Å². The molecule has 0 saturated carbocycles. The molecule has 6 nitrogen and oxygen atoms in total. The van der Waals surface area contributed by atoms with E-state index < -0.39 is 0 Å². The van der Waals surface area contributed by atoms with Crippen molar-refractivity contribution in [2.24, 2.45) is 10.9 Å². The minimum absolute atomic E-state index is 0.0746. The predicted octanol–water partition coefficient (Wildman–Crippen LogP) is 2.94. The van der Waals surface area contributed by atoms with Crippen molar-refractivity contribution in [3.05, 3.63) is 58.4 Å². The van der Waals surface area contributed by atoms with Crippen LogP contribution in [0.15, 0.2) is 35.5 Å². The number of aromatic amines is 1. The van der Waals surface area contributed by atoms with Gasteiger partial charge in [0.1, 0.15) is 5.84 Å². The number of rotatable bonds is 8. The van der Waals surface area contributed by atoms with Crippen molar-refractivity contribution in [2.45, 2.75) is 33.6 Å². The molecule has 6 heteroatoms. The van der Waals surface area contributed by atoms with Gasteiger partial charge in [-0.05, 0) is 38.3 Å². The maximum atomic E-state index is 12.2. The van der Waals surface area contributed by atoms with Crippen molar-refractivity contribution in [2.75, 3.05) is 6.61 Å². The molecule has 0 amide bonds. The molecule has 0 aliphatic rings. The summed E-state index contributed by atoms with van der Waals surface area (Å²) >= 11 is 0. The van der Waals surface area contributed by atoms with E-state index >= 15 is 0 Å². The summed E-state index contributed by atoms with van der Waals surface area (Å²) in [5.74, 6) is -0.0115. The van der Waals surface area contributed by atoms with Crippen LogP contribution in [0.5, 0.6) is 0 Å². The van der Waals surface area contributed by atoms with Crippen LogP contribution in [0.4, 0.5) is 0 Å². The van der Waals surface area contributed by atoms with Gasteiger partial charge in [-0.1, -0.05) is 35.5 Å². The van der Waals surface area contributed by atoms with Gasteiger partial charge in [0.25, 0.3) is 0 Å². The SMILES string of the molecule is CC(=O)c1c(C)[nH]c(C(=O)CO/N=C(\N)CCc2ccccc2)c1C. The quantitative estimate of drug-likeness (QED) is 0.334. The van der Waals surface area contributed by atoms with E-state index in [2.05, 4.69) is 10.1 Å². The maximum absolute atomic E-state index is 12.2. The highest BCUT2D eigenvalue weighted by atomic mass is 16.6. The van der Waals surface area contributed by atoms with Crippen LogP contribution < -0.4 is 5.73 Å². The second-order valence-corrected chi connectivity index (χ2v) is 5.95. The van der Waals surface area contributed by atoms with E-state index in [1.165, 1.54) is 6.92 Å². The number of nitrogens with zero attached hydrogens (tertiary/aromatic N) is 1. The summed E-state index contributed by atoms with van der Waals surface area (Å²) in [6.45, 7) is 4.75. The first-order valence-corrected chi connectivity index (χ1v) is 8.11. The van der Waals surface area contributed by atoms with Crippen LogP contribution in [0.1, 0.15) is 51.0 Å². The summed E-state index contributed by atoms with van der Waals surface area (Å²) in [6.07, 6.45) is 1.30. The fraction of sp³-hybridized carbons (Fsp3) is 0.316. The summed E-state index contributed by atoms with van der Waals surface area (Å²) in [5.41, 5.74) is 9.21. The molecule has 0 aliphatic heterocycles. The second-order valence-electron chi connectivity index (χ2n) is 5.95. The molecule has 0 unspecified atom stereocenters. The lowest BCUT2D eigenvalue weighted by Gasteiger charge is -2.03. The number of nitrogens with one attached hydrogen (secondary N) is 1. The standard InChI is InChI=1S/C19H23N3O3/c1-12-18(14(3)23)13(2)21-19(12)16(24)11-25-22-17(20)10-9-15-7-5-4-6-8-15/h4-8,21H,9-11H2,1-3H3,(H2,20,22). The van der Waals surface area contributed by atoms with Gasteiger partial charge in [-0.15, -0.1) is 0 Å². The number of amidine groups is 1. The van der Waals surface area contributed by atoms with Crippen LogP contribution in [-0.2, 0) is 11.3 Å². The molecular formula is C19H23N3O3. The van der Waals surface area contributed by atoms with Gasteiger partial charge in [-0.2, -0.15) is 0 Å². The molecule has 0 fully saturated rings. The Morgan fingerprint density at radius 2 is 1.88 bits per heavy atom. The molecule has 0 radical (unpaired) electrons. The lowest BCUT2D eigenvalue weighted by molar-refractivity contribution is 0.0769. The van der Waals surface area contributed by atoms with Crippen LogP contribution in [0, 0.1) is 13.8 Å². The van der Waals surface area contributed by atoms with Gasteiger partial charge in [-0.25, -0.2) is 0 Å². The Bertz CT molecular complexity index is 792. The largest absolute Gasteiger partial charge is 0.386 e. The summed E-state index contributed by atoms with van der Waals surface area (Å²) in [4.78, 5) is 31.9. The number of aryl methyl sites for hydroxylation is 2. The zero-order valence-electron chi connectivity index (χ0n) is 14.8. The third-order valence-corrected chi connectivity index (χ3v) is 3.96. The number of carbonyl (C=O) groups is 2. The monoisotopic (exact) mass is 341 g/mol. The normalized spacial score (nSPS) is 11.4. The number of Topliss-reactive ketones (excluding diaryl/α,β-unsaturated/α-hetero) is 2. The Morgan fingerprint density at radius 1 is 1.20 bits per heavy atom. The smallest absolute Gasteiger partial charge is 0.219 e. The van der Waals surface area contributed by atoms with Crippen molar-refractivity contribution < 1.29 is 14.4 Å². The second kappa shape index (κ2) is 8.28. The molecule has 0 bridgehead atoms. The molecule has 0 spiro atoms. The zero-order chi connectivity index (χ0) is 18.4. The average molecular weight is 341 g/mol. The van der Waals surface area contributed by atoms with E-state index in [-0.39, 0.29) is 18.2 Å². The minimum Gasteiger partial charge on any atom is -0.386 e. The van der Waals surface area contributed by atoms with Crippen molar-refractivity contribution in [1.82, 2.24) is 4.98 Å². The van der Waals surface area contributed by atoms with Gasteiger partial charge in [-0.3, -0.25) is 9.59 Å². The van der Waals surface area contributed by atoms with E-state index in [0.29, 0.717) is 34.8 Å². The van der Waals surface area contributed by atoms with E-state index in [9.17, 15) is 9.59 Å². The molecule has 1 aromatic carbocycles. The molecule has 0 aliphatic carbocycles. The van der Waals surface area contributed by atoms with Gasteiger partial charge >= 0.3 is 0 Å². The van der Waals surface area contributed by atoms with Crippen molar-refractivity contribution in [3.63, 3.8) is 0 Å². The highest BCUT2D eigenvalue weighted by Crippen LogP contribution is 2.19. The molecule has 0 saturated heterocycles. The van der Waals surface area contributed by atoms with E-state index in [4.69, 9.17) is 10.6 Å². The molecule has 25 heavy (non-hydrogen) atoms. The van der Waals surface area contributed by atoms with Crippen LogP contribution in [0.2, 0.25) is 0 Å². The highest BCUT2D eigenvalue weighted by molar-refractivity contribution is 6.03. The number of hydrogen-bond acceptors (Lipinski definition) is 4. The average Bonchev–Trinajstić information content (AvgIpc) is 2.88. The number of H-pyrrole nitrogens is 1. The molecule has 2 rings (SSSR count). The molecule has 0 atom stereocenters. The third kappa shape index (κ3) is 4.79. The Balaban J connectivity index is 1.89. The lowest BCUT2D eigenvalue weighted by Crippen LogP contribution is -2.15. The molecule has 3 N–H and O–H groups in total. The van der Waals surface area contributed by atoms with Gasteiger partial charge in [0.05, 0.1) is 5.69 Å². The first-order chi connectivity index (χ1) is 11.9. The number of carbonyl (C=O) groups excluding carboxylic acids is 2. The first-order valence-electron chi connectivity index (χ1n) is 8.11. The summed E-state index contributed by atoms with van der Waals surface area (Å²) in [6, 6.07) is 9.92. The maximum Gasteiger partial charge on any atom is 0.219 e. The molecule has 132 valence electrons. The van der Waals surface area contributed by atoms with Crippen LogP contribution in [-0.4, -0.2) is 29.0 Å². The number of oxime groups is 1. The van der Waals surface area contributed by atoms with E-state index in [0.717, 1.165) is 12.0 Å². The summed E-state index contributed by atoms with van der Waals surface area (Å²) in [7, 11) is 0. The fourth-order valence-electron chi connectivity index (χ4n) is 2.77. The van der Waals surface area contributed by atoms with Gasteiger partial charge in [0.15, 0.2) is 12.4 Å². The minimum atomic E-state index is -0.271. The predicted molar refractivity (Wildman–Crippen MR) is 96.9 cm³/mol. The van der Waals surface area contributed by atoms with Crippen molar-refractivity contribution >= 4 is 17.4 Å². The van der Waals surface area contributed by atoms with Crippen molar-refractivity contribution in [1.29, 1.82) is 0 Å². The Morgan fingerprint density at radius 3 is 2.48 bits per heavy atom. The number of nitrogens with two attached hydrogens (primary N) is 1. The van der Waals surface area contributed by atoms with Crippen LogP contribution in [0.3, 0.4) is 0 Å². The zero-order valence-corrected chi connectivity index (χ0v) is 14.8. The molecule has 2 aromatic rings.